The number of carbonyl (C=O) groups excluding carboxylic acids is 1. The van der Waals surface area contributed by atoms with Gasteiger partial charge in [0, 0.05) is 10.6 Å². The summed E-state index contributed by atoms with van der Waals surface area (Å²) in [5, 5.41) is 13.2. The molecule has 0 bridgehead atoms. The smallest absolute Gasteiger partial charge is 0.344 e. The predicted octanol–water partition coefficient (Wildman–Crippen LogP) is 2.96. The Bertz CT molecular complexity index is 742. The molecule has 0 saturated carbocycles. The number of carboxylic acid groups (broad SMARTS) is 1. The maximum atomic E-state index is 11.8. The second-order valence-corrected chi connectivity index (χ2v) is 5.31. The lowest BCUT2D eigenvalue weighted by Crippen LogP contribution is -2.22. The van der Waals surface area contributed by atoms with Crippen LogP contribution in [-0.2, 0) is 4.79 Å². The molecule has 0 aromatic heterocycles. The normalized spacial score (nSPS) is 11.9. The first-order valence-corrected chi connectivity index (χ1v) is 7.42. The van der Waals surface area contributed by atoms with Crippen molar-refractivity contribution < 1.29 is 19.4 Å². The summed E-state index contributed by atoms with van der Waals surface area (Å²) in [6, 6.07) is 13.1. The van der Waals surface area contributed by atoms with Crippen LogP contribution in [0.15, 0.2) is 53.6 Å². The van der Waals surface area contributed by atoms with Crippen molar-refractivity contribution in [3.05, 3.63) is 64.7 Å². The minimum absolute atomic E-state index is 0.349. The van der Waals surface area contributed by atoms with Crippen molar-refractivity contribution in [1.29, 1.82) is 0 Å². The van der Waals surface area contributed by atoms with Gasteiger partial charge in [-0.05, 0) is 61.0 Å². The Morgan fingerprint density at radius 1 is 1.17 bits per heavy atom. The Hall–Kier alpha value is -2.86. The number of hydrogen-bond donors (Lipinski definition) is 2. The number of carboxylic acids is 1. The summed E-state index contributed by atoms with van der Waals surface area (Å²) in [6.45, 7) is 1.45. The van der Waals surface area contributed by atoms with Gasteiger partial charge in [0.2, 0.25) is 0 Å². The van der Waals surface area contributed by atoms with Crippen LogP contribution in [0.3, 0.4) is 0 Å². The van der Waals surface area contributed by atoms with Gasteiger partial charge in [-0.1, -0.05) is 11.6 Å². The van der Waals surface area contributed by atoms with Crippen LogP contribution < -0.4 is 10.2 Å². The van der Waals surface area contributed by atoms with E-state index >= 15 is 0 Å². The molecule has 0 aliphatic heterocycles. The highest BCUT2D eigenvalue weighted by atomic mass is 35.5. The zero-order valence-corrected chi connectivity index (χ0v) is 13.5. The highest BCUT2D eigenvalue weighted by molar-refractivity contribution is 6.30. The molecule has 0 heterocycles. The monoisotopic (exact) mass is 346 g/mol. The first-order valence-electron chi connectivity index (χ1n) is 7.04. The van der Waals surface area contributed by atoms with E-state index in [2.05, 4.69) is 10.5 Å². The van der Waals surface area contributed by atoms with E-state index in [0.717, 1.165) is 5.56 Å². The third-order valence-corrected chi connectivity index (χ3v) is 3.28. The molecule has 0 spiro atoms. The highest BCUT2D eigenvalue weighted by Gasteiger charge is 2.11. The van der Waals surface area contributed by atoms with E-state index in [0.29, 0.717) is 16.3 Å². The summed E-state index contributed by atoms with van der Waals surface area (Å²) in [5.41, 5.74) is 3.58. The van der Waals surface area contributed by atoms with Crippen LogP contribution in [0.4, 0.5) is 0 Å². The van der Waals surface area contributed by atoms with Crippen LogP contribution >= 0.6 is 11.6 Å². The summed E-state index contributed by atoms with van der Waals surface area (Å²) in [5.74, 6) is -0.948. The van der Waals surface area contributed by atoms with E-state index in [1.165, 1.54) is 13.1 Å². The fraction of sp³-hybridized carbons (Fsp3) is 0.118. The minimum Gasteiger partial charge on any atom is -0.479 e. The van der Waals surface area contributed by atoms with E-state index in [9.17, 15) is 9.59 Å². The first-order chi connectivity index (χ1) is 11.5. The average molecular weight is 347 g/mol. The van der Waals surface area contributed by atoms with Crippen LogP contribution in [0.2, 0.25) is 5.02 Å². The maximum absolute atomic E-state index is 11.8. The molecule has 2 aromatic rings. The van der Waals surface area contributed by atoms with Gasteiger partial charge in [0.1, 0.15) is 5.75 Å². The zero-order valence-electron chi connectivity index (χ0n) is 12.8. The molecular weight excluding hydrogens is 332 g/mol. The predicted molar refractivity (Wildman–Crippen MR) is 90.7 cm³/mol. The van der Waals surface area contributed by atoms with Gasteiger partial charge < -0.3 is 9.84 Å². The number of hydrazone groups is 1. The van der Waals surface area contributed by atoms with E-state index < -0.39 is 12.1 Å². The molecule has 2 rings (SSSR count). The summed E-state index contributed by atoms with van der Waals surface area (Å²) >= 11 is 5.76. The van der Waals surface area contributed by atoms with Gasteiger partial charge in [-0.2, -0.15) is 5.10 Å². The van der Waals surface area contributed by atoms with Crippen molar-refractivity contribution in [3.8, 4) is 5.75 Å². The SMILES string of the molecule is C[C@H](Oc1ccc(/C=N\NC(=O)c2ccc(Cl)cc2)cc1)C(=O)O. The number of hydrogen-bond acceptors (Lipinski definition) is 4. The van der Waals surface area contributed by atoms with E-state index in [4.69, 9.17) is 21.4 Å². The lowest BCUT2D eigenvalue weighted by atomic mass is 10.2. The number of aliphatic carboxylic acids is 1. The number of benzene rings is 2. The Labute approximate surface area is 143 Å². The summed E-state index contributed by atoms with van der Waals surface area (Å²) in [4.78, 5) is 22.6. The molecule has 0 aliphatic carbocycles. The van der Waals surface area contributed by atoms with Crippen molar-refractivity contribution >= 4 is 29.7 Å². The molecule has 7 heteroatoms. The molecule has 0 saturated heterocycles. The number of ether oxygens (including phenoxy) is 1. The molecule has 2 aromatic carbocycles. The Balaban J connectivity index is 1.91. The fourth-order valence-corrected chi connectivity index (χ4v) is 1.84. The van der Waals surface area contributed by atoms with Gasteiger partial charge in [0.15, 0.2) is 6.10 Å². The third-order valence-electron chi connectivity index (χ3n) is 3.03. The van der Waals surface area contributed by atoms with Crippen LogP contribution in [0.25, 0.3) is 0 Å². The standard InChI is InChI=1S/C17H15ClN2O4/c1-11(17(22)23)24-15-8-2-12(3-9-15)10-19-20-16(21)13-4-6-14(18)7-5-13/h2-11H,1H3,(H,20,21)(H,22,23)/b19-10-/t11-/m0/s1. The number of rotatable bonds is 6. The number of nitrogens with zero attached hydrogens (tertiary/aromatic N) is 1. The van der Waals surface area contributed by atoms with Crippen molar-refractivity contribution in [3.63, 3.8) is 0 Å². The Kier molecular flexibility index (Phi) is 5.92. The summed E-state index contributed by atoms with van der Waals surface area (Å²) in [6.07, 6.45) is 0.543. The molecule has 24 heavy (non-hydrogen) atoms. The van der Waals surface area contributed by atoms with Crippen molar-refractivity contribution in [2.24, 2.45) is 5.10 Å². The summed E-state index contributed by atoms with van der Waals surface area (Å²) < 4.78 is 5.22. The number of nitrogens with one attached hydrogen (secondary N) is 1. The lowest BCUT2D eigenvalue weighted by molar-refractivity contribution is -0.144. The van der Waals surface area contributed by atoms with Crippen molar-refractivity contribution in [1.82, 2.24) is 5.43 Å². The largest absolute Gasteiger partial charge is 0.479 e. The van der Waals surface area contributed by atoms with Gasteiger partial charge in [-0.25, -0.2) is 10.2 Å². The molecule has 124 valence electrons. The molecule has 1 amide bonds. The number of halogens is 1. The van der Waals surface area contributed by atoms with E-state index in [1.807, 2.05) is 0 Å². The lowest BCUT2D eigenvalue weighted by Gasteiger charge is -2.09. The molecule has 6 nitrogen and oxygen atoms in total. The van der Waals surface area contributed by atoms with Crippen molar-refractivity contribution in [2.75, 3.05) is 0 Å². The van der Waals surface area contributed by atoms with Gasteiger partial charge in [0.05, 0.1) is 6.21 Å². The van der Waals surface area contributed by atoms with Crippen LogP contribution in [0.1, 0.15) is 22.8 Å². The third kappa shape index (κ3) is 5.10. The molecule has 0 aliphatic rings. The second-order valence-electron chi connectivity index (χ2n) is 4.87. The second kappa shape index (κ2) is 8.12. The molecule has 1 atom stereocenters. The topological polar surface area (TPSA) is 88.0 Å². The zero-order chi connectivity index (χ0) is 17.5. The molecule has 0 radical (unpaired) electrons. The van der Waals surface area contributed by atoms with E-state index in [1.54, 1.807) is 48.5 Å². The first kappa shape index (κ1) is 17.5. The number of amides is 1. The van der Waals surface area contributed by atoms with Crippen LogP contribution in [-0.4, -0.2) is 29.3 Å². The minimum atomic E-state index is -1.04. The molecule has 0 unspecified atom stereocenters. The average Bonchev–Trinajstić information content (AvgIpc) is 2.56. The maximum Gasteiger partial charge on any atom is 0.344 e. The Morgan fingerprint density at radius 3 is 2.38 bits per heavy atom. The van der Waals surface area contributed by atoms with Crippen LogP contribution in [0.5, 0.6) is 5.75 Å². The highest BCUT2D eigenvalue weighted by Crippen LogP contribution is 2.13. The molecule has 2 N–H and O–H groups in total. The van der Waals surface area contributed by atoms with Gasteiger partial charge >= 0.3 is 5.97 Å². The Morgan fingerprint density at radius 2 is 1.79 bits per heavy atom. The number of carbonyl (C=O) groups is 2. The van der Waals surface area contributed by atoms with Crippen molar-refractivity contribution in [2.45, 2.75) is 13.0 Å². The quantitative estimate of drug-likeness (QED) is 0.621. The molecule has 0 fully saturated rings. The van der Waals surface area contributed by atoms with E-state index in [-0.39, 0.29) is 5.91 Å². The van der Waals surface area contributed by atoms with Gasteiger partial charge in [0.25, 0.3) is 5.91 Å². The van der Waals surface area contributed by atoms with Gasteiger partial charge in [-0.3, -0.25) is 4.79 Å². The van der Waals surface area contributed by atoms with Gasteiger partial charge in [-0.15, -0.1) is 0 Å². The summed E-state index contributed by atoms with van der Waals surface area (Å²) in [7, 11) is 0. The fourth-order valence-electron chi connectivity index (χ4n) is 1.72. The van der Waals surface area contributed by atoms with Crippen LogP contribution in [0, 0.1) is 0 Å². The molecular formula is C17H15ClN2O4.